The van der Waals surface area contributed by atoms with Crippen LogP contribution >= 0.6 is 0 Å². The molecule has 3 heterocycles. The first-order chi connectivity index (χ1) is 29.7. The molecule has 1 aliphatic heterocycles. The maximum absolute atomic E-state index is 5.30. The van der Waals surface area contributed by atoms with E-state index in [0.29, 0.717) is 5.84 Å². The highest BCUT2D eigenvalue weighted by Gasteiger charge is 2.25. The van der Waals surface area contributed by atoms with Crippen LogP contribution in [0.25, 0.3) is 76.9 Å². The first kappa shape index (κ1) is 34.1. The van der Waals surface area contributed by atoms with E-state index in [-0.39, 0.29) is 6.17 Å². The van der Waals surface area contributed by atoms with Crippen LogP contribution in [-0.4, -0.2) is 20.8 Å². The van der Waals surface area contributed by atoms with Crippen LogP contribution in [0.2, 0.25) is 0 Å². The van der Waals surface area contributed by atoms with Crippen molar-refractivity contribution >= 4 is 66.1 Å². The van der Waals surface area contributed by atoms with Crippen molar-refractivity contribution in [3.05, 3.63) is 229 Å². The summed E-state index contributed by atoms with van der Waals surface area (Å²) in [6, 6.07) is 75.7. The van der Waals surface area contributed by atoms with E-state index in [1.165, 1.54) is 43.4 Å². The number of nitrogens with one attached hydrogen (secondary N) is 1. The monoisotopic (exact) mass is 767 g/mol. The summed E-state index contributed by atoms with van der Waals surface area (Å²) >= 11 is 0. The van der Waals surface area contributed by atoms with Gasteiger partial charge >= 0.3 is 0 Å². The van der Waals surface area contributed by atoms with Gasteiger partial charge in [0.15, 0.2) is 5.84 Å². The molecule has 60 heavy (non-hydrogen) atoms. The molecule has 12 rings (SSSR count). The number of amidine groups is 2. The Kier molecular flexibility index (Phi) is 7.85. The lowest BCUT2D eigenvalue weighted by molar-refractivity contribution is 0.680. The maximum Gasteiger partial charge on any atom is 0.159 e. The van der Waals surface area contributed by atoms with Crippen molar-refractivity contribution in [3.63, 3.8) is 0 Å². The van der Waals surface area contributed by atoms with E-state index < -0.39 is 0 Å². The Labute approximate surface area is 346 Å². The highest BCUT2D eigenvalue weighted by atomic mass is 15.2. The number of hydrogen-bond donors (Lipinski definition) is 1. The normalized spacial score (nSPS) is 14.2. The van der Waals surface area contributed by atoms with Gasteiger partial charge in [-0.25, -0.2) is 9.98 Å². The predicted molar refractivity (Wildman–Crippen MR) is 250 cm³/mol. The first-order valence-electron chi connectivity index (χ1n) is 20.4. The minimum Gasteiger partial charge on any atom is -0.344 e. The van der Waals surface area contributed by atoms with Gasteiger partial charge in [-0.15, -0.1) is 0 Å². The molecule has 0 bridgehead atoms. The zero-order valence-corrected chi connectivity index (χ0v) is 32.6. The third-order valence-electron chi connectivity index (χ3n) is 11.9. The van der Waals surface area contributed by atoms with E-state index in [1.54, 1.807) is 0 Å². The van der Waals surface area contributed by atoms with Crippen LogP contribution in [0.1, 0.15) is 22.9 Å². The SMILES string of the molecule is c1ccc(C2=NC(c3cccc4c3c3ccccc3n4-c3ccccc3)NC(c3ccc(-c4cccc(-n5c6ccccc6c6cc7ccccc7cc65)c4)cc3)=N2)cc1. The molecule has 0 saturated carbocycles. The van der Waals surface area contributed by atoms with Gasteiger partial charge in [-0.1, -0.05) is 158 Å². The fourth-order valence-electron chi connectivity index (χ4n) is 9.18. The summed E-state index contributed by atoms with van der Waals surface area (Å²) in [7, 11) is 0. The summed E-state index contributed by atoms with van der Waals surface area (Å²) in [6.07, 6.45) is -0.369. The van der Waals surface area contributed by atoms with Crippen LogP contribution in [0.15, 0.2) is 222 Å². The van der Waals surface area contributed by atoms with Gasteiger partial charge in [-0.05, 0) is 76.5 Å². The summed E-state index contributed by atoms with van der Waals surface area (Å²) in [5.41, 5.74) is 12.3. The molecule has 0 amide bonds. The van der Waals surface area contributed by atoms with E-state index in [2.05, 4.69) is 209 Å². The van der Waals surface area contributed by atoms with Crippen molar-refractivity contribution in [3.8, 4) is 22.5 Å². The van der Waals surface area contributed by atoms with Crippen LogP contribution in [0.4, 0.5) is 0 Å². The highest BCUT2D eigenvalue weighted by Crippen LogP contribution is 2.39. The minimum atomic E-state index is -0.369. The molecule has 1 atom stereocenters. The minimum absolute atomic E-state index is 0.369. The van der Waals surface area contributed by atoms with E-state index >= 15 is 0 Å². The number of aromatic nitrogens is 2. The number of hydrogen-bond acceptors (Lipinski definition) is 3. The summed E-state index contributed by atoms with van der Waals surface area (Å²) < 4.78 is 4.75. The molecule has 0 spiro atoms. The van der Waals surface area contributed by atoms with Crippen LogP contribution in [0.5, 0.6) is 0 Å². The predicted octanol–water partition coefficient (Wildman–Crippen LogP) is 13.2. The van der Waals surface area contributed by atoms with Crippen LogP contribution in [0.3, 0.4) is 0 Å². The second kappa shape index (κ2) is 13.8. The zero-order chi connectivity index (χ0) is 39.6. The van der Waals surface area contributed by atoms with E-state index in [0.717, 1.165) is 56.1 Å². The van der Waals surface area contributed by atoms with E-state index in [4.69, 9.17) is 9.98 Å². The van der Waals surface area contributed by atoms with E-state index in [9.17, 15) is 0 Å². The zero-order valence-electron chi connectivity index (χ0n) is 32.6. The highest BCUT2D eigenvalue weighted by molar-refractivity contribution is 6.16. The second-order valence-electron chi connectivity index (χ2n) is 15.5. The molecule has 1 N–H and O–H groups in total. The molecule has 0 aliphatic carbocycles. The molecule has 1 aliphatic rings. The lowest BCUT2D eigenvalue weighted by Gasteiger charge is -2.24. The average molecular weight is 768 g/mol. The third-order valence-corrected chi connectivity index (χ3v) is 11.9. The molecule has 11 aromatic rings. The molecule has 0 radical (unpaired) electrons. The van der Waals surface area contributed by atoms with Gasteiger partial charge in [0, 0.05) is 49.6 Å². The average Bonchev–Trinajstić information content (AvgIpc) is 3.84. The van der Waals surface area contributed by atoms with Gasteiger partial charge in [-0.2, -0.15) is 0 Å². The van der Waals surface area contributed by atoms with Crippen molar-refractivity contribution in [1.29, 1.82) is 0 Å². The number of aliphatic imine (C=N–C) groups is 2. The summed E-state index contributed by atoms with van der Waals surface area (Å²) in [5.74, 6) is 1.49. The fraction of sp³-hybridized carbons (Fsp3) is 0.0182. The van der Waals surface area contributed by atoms with Crippen molar-refractivity contribution < 1.29 is 0 Å². The Morgan fingerprint density at radius 1 is 0.383 bits per heavy atom. The Balaban J connectivity index is 0.939. The fourth-order valence-corrected chi connectivity index (χ4v) is 9.18. The molecule has 2 aromatic heterocycles. The van der Waals surface area contributed by atoms with Crippen molar-refractivity contribution in [2.24, 2.45) is 9.98 Å². The Hall–Kier alpha value is -8.02. The summed E-state index contributed by atoms with van der Waals surface area (Å²) in [4.78, 5) is 10.5. The van der Waals surface area contributed by atoms with Crippen LogP contribution < -0.4 is 5.32 Å². The standard InChI is InChI=1S/C55H37N5/c1-3-15-37(16-4-1)53-56-54(58-55(57-53)46-25-14-28-50-52(46)45-24-10-12-27-49(45)59(50)42-20-5-2-6-21-42)38-31-29-36(30-32-38)39-19-13-22-43(33-39)60-48-26-11-9-23-44(48)47-34-40-17-7-8-18-41(40)35-51(47)60/h1-35,55H,(H,56,57,58). The second-order valence-corrected chi connectivity index (χ2v) is 15.5. The van der Waals surface area contributed by atoms with Crippen LogP contribution in [0, 0.1) is 0 Å². The molecule has 5 nitrogen and oxygen atoms in total. The van der Waals surface area contributed by atoms with Crippen molar-refractivity contribution in [1.82, 2.24) is 14.5 Å². The van der Waals surface area contributed by atoms with Gasteiger partial charge in [-0.3, -0.25) is 0 Å². The third kappa shape index (κ3) is 5.55. The molecule has 0 fully saturated rings. The van der Waals surface area contributed by atoms with Gasteiger partial charge in [0.25, 0.3) is 0 Å². The van der Waals surface area contributed by atoms with Gasteiger partial charge in [0.2, 0.25) is 0 Å². The largest absolute Gasteiger partial charge is 0.344 e. The topological polar surface area (TPSA) is 46.6 Å². The van der Waals surface area contributed by atoms with Gasteiger partial charge < -0.3 is 14.5 Å². The van der Waals surface area contributed by atoms with E-state index in [1.807, 2.05) is 18.2 Å². The van der Waals surface area contributed by atoms with Gasteiger partial charge in [0.05, 0.1) is 22.1 Å². The Bertz CT molecular complexity index is 3500. The Morgan fingerprint density at radius 3 is 1.77 bits per heavy atom. The first-order valence-corrected chi connectivity index (χ1v) is 20.4. The van der Waals surface area contributed by atoms with Crippen molar-refractivity contribution in [2.45, 2.75) is 6.17 Å². The smallest absolute Gasteiger partial charge is 0.159 e. The summed E-state index contributed by atoms with van der Waals surface area (Å²) in [6.45, 7) is 0. The quantitative estimate of drug-likeness (QED) is 0.180. The van der Waals surface area contributed by atoms with Crippen molar-refractivity contribution in [2.75, 3.05) is 0 Å². The number of benzene rings is 9. The molecule has 282 valence electrons. The van der Waals surface area contributed by atoms with Gasteiger partial charge in [0.1, 0.15) is 12.0 Å². The molecule has 9 aromatic carbocycles. The molecule has 0 saturated heterocycles. The lowest BCUT2D eigenvalue weighted by Crippen LogP contribution is -2.33. The number of nitrogens with zero attached hydrogens (tertiary/aromatic N) is 4. The molecular weight excluding hydrogens is 731 g/mol. The number of rotatable bonds is 6. The Morgan fingerprint density at radius 2 is 0.967 bits per heavy atom. The maximum atomic E-state index is 5.30. The summed E-state index contributed by atoms with van der Waals surface area (Å²) in [5, 5.41) is 11.1. The molecule has 5 heteroatoms. The molecular formula is C55H37N5. The lowest BCUT2D eigenvalue weighted by atomic mass is 10.0. The number of para-hydroxylation sites is 3. The number of fused-ring (bicyclic) bond motifs is 7. The van der Waals surface area contributed by atoms with Crippen LogP contribution in [-0.2, 0) is 0 Å². The molecule has 1 unspecified atom stereocenters.